The highest BCUT2D eigenvalue weighted by Crippen LogP contribution is 2.42. The number of nitrogens with zero attached hydrogens (tertiary/aromatic N) is 2. The number of thiophene rings is 1. The maximum absolute atomic E-state index is 10.2. The summed E-state index contributed by atoms with van der Waals surface area (Å²) >= 11 is 1.72. The number of rotatable bonds is 12. The Balaban J connectivity index is 0.000000470. The Bertz CT molecular complexity index is 1830. The second kappa shape index (κ2) is 20.2. The summed E-state index contributed by atoms with van der Waals surface area (Å²) in [7, 11) is 1.71. The van der Waals surface area contributed by atoms with Crippen LogP contribution in [0, 0.1) is 0 Å². The molecule has 0 bridgehead atoms. The third kappa shape index (κ3) is 12.1. The summed E-state index contributed by atoms with van der Waals surface area (Å²) in [6.45, 7) is 9.27. The number of hydrogen-bond acceptors (Lipinski definition) is 11. The Hall–Kier alpha value is -5.38. The van der Waals surface area contributed by atoms with E-state index in [1.165, 1.54) is 49.2 Å². The van der Waals surface area contributed by atoms with E-state index in [4.69, 9.17) is 53.8 Å². The molecule has 3 aromatic carbocycles. The highest BCUT2D eigenvalue weighted by Gasteiger charge is 2.20. The van der Waals surface area contributed by atoms with Gasteiger partial charge >= 0.3 is 23.9 Å². The first-order valence-electron chi connectivity index (χ1n) is 17.5. The van der Waals surface area contributed by atoms with Crippen molar-refractivity contribution >= 4 is 45.3 Å². The number of methoxy groups -OCH3 is 1. The molecule has 14 nitrogen and oxygen atoms in total. The Morgan fingerprint density at radius 1 is 0.759 bits per heavy atom. The van der Waals surface area contributed by atoms with Crippen LogP contribution in [0.3, 0.4) is 0 Å². The molecule has 0 aliphatic carbocycles. The second-order valence-electron chi connectivity index (χ2n) is 12.8. The van der Waals surface area contributed by atoms with Gasteiger partial charge in [-0.15, -0.1) is 11.3 Å². The van der Waals surface area contributed by atoms with Crippen molar-refractivity contribution < 1.29 is 58.9 Å². The van der Waals surface area contributed by atoms with Gasteiger partial charge in [0, 0.05) is 22.2 Å². The number of aromatic hydroxyl groups is 1. The van der Waals surface area contributed by atoms with E-state index in [-0.39, 0.29) is 5.75 Å². The first-order chi connectivity index (χ1) is 25.9. The number of fused-ring (bicyclic) bond motifs is 1. The van der Waals surface area contributed by atoms with E-state index in [0.717, 1.165) is 64.5 Å². The summed E-state index contributed by atoms with van der Waals surface area (Å²) in [5.41, 5.74) is 3.55. The van der Waals surface area contributed by atoms with Crippen molar-refractivity contribution in [2.24, 2.45) is 0 Å². The number of carbonyl (C=O) groups is 4. The fourth-order valence-electron chi connectivity index (χ4n) is 6.19. The smallest absolute Gasteiger partial charge is 0.414 e. The zero-order valence-electron chi connectivity index (χ0n) is 30.2. The molecule has 0 spiro atoms. The molecule has 0 amide bonds. The van der Waals surface area contributed by atoms with Crippen molar-refractivity contribution in [3.63, 3.8) is 0 Å². The number of benzene rings is 3. The molecule has 4 aromatic rings. The van der Waals surface area contributed by atoms with E-state index < -0.39 is 23.9 Å². The second-order valence-corrected chi connectivity index (χ2v) is 13.8. The van der Waals surface area contributed by atoms with Crippen LogP contribution in [-0.4, -0.2) is 118 Å². The third-order valence-electron chi connectivity index (χ3n) is 8.99. The molecule has 54 heavy (non-hydrogen) atoms. The zero-order valence-corrected chi connectivity index (χ0v) is 31.0. The molecular weight excluding hydrogens is 720 g/mol. The van der Waals surface area contributed by atoms with Gasteiger partial charge in [0.1, 0.15) is 24.7 Å². The van der Waals surface area contributed by atoms with E-state index in [1.807, 2.05) is 18.2 Å². The van der Waals surface area contributed by atoms with Gasteiger partial charge in [0.05, 0.1) is 7.11 Å². The van der Waals surface area contributed by atoms with Gasteiger partial charge in [0.15, 0.2) is 11.5 Å². The monoisotopic (exact) mass is 766 g/mol. The topological polar surface area (TPSA) is 204 Å². The molecule has 15 heteroatoms. The minimum atomic E-state index is -1.82. The predicted octanol–water partition coefficient (Wildman–Crippen LogP) is 5.52. The van der Waals surface area contributed by atoms with Gasteiger partial charge in [0.2, 0.25) is 0 Å². The molecule has 0 radical (unpaired) electrons. The lowest BCUT2D eigenvalue weighted by atomic mass is 9.98. The Kier molecular flexibility index (Phi) is 15.5. The highest BCUT2D eigenvalue weighted by molar-refractivity contribution is 7.22. The highest BCUT2D eigenvalue weighted by atomic mass is 32.1. The number of carboxylic acid groups (broad SMARTS) is 4. The Morgan fingerprint density at radius 2 is 1.37 bits per heavy atom. The summed E-state index contributed by atoms with van der Waals surface area (Å²) in [6, 6.07) is 20.8. The first kappa shape index (κ1) is 41.4. The van der Waals surface area contributed by atoms with E-state index in [0.29, 0.717) is 19.3 Å². The molecule has 1 unspecified atom stereocenters. The van der Waals surface area contributed by atoms with Crippen LogP contribution in [0.4, 0.5) is 0 Å². The molecule has 290 valence electrons. The van der Waals surface area contributed by atoms with Crippen LogP contribution in [-0.2, 0) is 25.6 Å². The van der Waals surface area contributed by atoms with Crippen molar-refractivity contribution in [3.05, 3.63) is 71.8 Å². The molecule has 0 saturated carbocycles. The van der Waals surface area contributed by atoms with Gasteiger partial charge in [-0.1, -0.05) is 6.07 Å². The molecule has 1 atom stereocenters. The number of hydrogen-bond donors (Lipinski definition) is 5. The molecule has 2 aliphatic heterocycles. The molecule has 5 N–H and O–H groups in total. The largest absolute Gasteiger partial charge is 0.508 e. The van der Waals surface area contributed by atoms with Crippen molar-refractivity contribution in [1.29, 1.82) is 0 Å². The van der Waals surface area contributed by atoms with Crippen LogP contribution in [0.25, 0.3) is 20.5 Å². The number of carboxylic acids is 4. The summed E-state index contributed by atoms with van der Waals surface area (Å²) in [5.74, 6) is -4.56. The van der Waals surface area contributed by atoms with Gasteiger partial charge in [-0.25, -0.2) is 19.2 Å². The third-order valence-corrected chi connectivity index (χ3v) is 10.2. The molecule has 2 fully saturated rings. The van der Waals surface area contributed by atoms with Crippen LogP contribution in [0.5, 0.6) is 23.0 Å². The van der Waals surface area contributed by atoms with Crippen LogP contribution in [0.15, 0.2) is 60.7 Å². The average molecular weight is 767 g/mol. The zero-order chi connectivity index (χ0) is 39.2. The van der Waals surface area contributed by atoms with Crippen molar-refractivity contribution in [2.45, 2.75) is 45.1 Å². The molecular formula is C39H46N2O12S. The maximum Gasteiger partial charge on any atom is 0.414 e. The molecule has 1 aromatic heterocycles. The molecule has 3 heterocycles. The van der Waals surface area contributed by atoms with Crippen LogP contribution in [0.2, 0.25) is 0 Å². The fourth-order valence-corrected chi connectivity index (χ4v) is 7.45. The predicted molar refractivity (Wildman–Crippen MR) is 202 cm³/mol. The number of aliphatic carboxylic acids is 4. The number of phenols is 1. The first-order valence-corrected chi connectivity index (χ1v) is 18.3. The van der Waals surface area contributed by atoms with E-state index >= 15 is 0 Å². The minimum absolute atomic E-state index is 0.287. The number of likely N-dealkylation sites (tertiary alicyclic amines) is 2. The average Bonchev–Trinajstić information content (AvgIpc) is 3.94. The standard InChI is InChI=1S/C35H42N2O4S.2C2H2O4/c1-25(37-17-5-6-18-37)24-41-32-14-7-26(22-33(32)39-2)21-31-30-13-10-28(38)23-34(30)42-35(31)27-8-11-29(12-9-27)40-20-19-36-15-3-4-16-36;2*3-1(4)2(5)6/h7-14,22-23,25,38H,3-6,15-21,24H2,1-2H3;2*(H,3,4)(H,5,6). The van der Waals surface area contributed by atoms with E-state index in [2.05, 4.69) is 53.1 Å². The van der Waals surface area contributed by atoms with Crippen LogP contribution < -0.4 is 14.2 Å². The lowest BCUT2D eigenvalue weighted by Gasteiger charge is -2.24. The van der Waals surface area contributed by atoms with Gasteiger partial charge in [-0.05, 0) is 142 Å². The van der Waals surface area contributed by atoms with E-state index in [9.17, 15) is 5.11 Å². The van der Waals surface area contributed by atoms with Gasteiger partial charge in [-0.2, -0.15) is 0 Å². The van der Waals surface area contributed by atoms with Gasteiger partial charge in [0.25, 0.3) is 0 Å². The number of ether oxygens (including phenoxy) is 3. The Labute approximate surface area is 316 Å². The maximum atomic E-state index is 10.2. The minimum Gasteiger partial charge on any atom is -0.508 e. The molecule has 2 aliphatic rings. The van der Waals surface area contributed by atoms with Crippen LogP contribution >= 0.6 is 11.3 Å². The van der Waals surface area contributed by atoms with Crippen molar-refractivity contribution in [3.8, 4) is 33.4 Å². The van der Waals surface area contributed by atoms with E-state index in [1.54, 1.807) is 24.5 Å². The lowest BCUT2D eigenvalue weighted by molar-refractivity contribution is -0.159. The quantitative estimate of drug-likeness (QED) is 0.113. The van der Waals surface area contributed by atoms with Crippen molar-refractivity contribution in [2.75, 3.05) is 53.0 Å². The fraction of sp³-hybridized carbons (Fsp3) is 0.385. The molecule has 2 saturated heterocycles. The lowest BCUT2D eigenvalue weighted by Crippen LogP contribution is -2.34. The Morgan fingerprint density at radius 3 is 1.96 bits per heavy atom. The number of phenolic OH excluding ortho intramolecular Hbond substituents is 1. The summed E-state index contributed by atoms with van der Waals surface area (Å²) in [4.78, 5) is 42.6. The summed E-state index contributed by atoms with van der Waals surface area (Å²) < 4.78 is 19.1. The summed E-state index contributed by atoms with van der Waals surface area (Å²) in [6.07, 6.45) is 5.89. The van der Waals surface area contributed by atoms with Crippen LogP contribution in [0.1, 0.15) is 43.7 Å². The van der Waals surface area contributed by atoms with Gasteiger partial charge in [-0.3, -0.25) is 9.80 Å². The van der Waals surface area contributed by atoms with Gasteiger partial charge < -0.3 is 39.7 Å². The van der Waals surface area contributed by atoms with Crippen molar-refractivity contribution in [1.82, 2.24) is 9.80 Å². The normalized spacial score (nSPS) is 14.6. The summed E-state index contributed by atoms with van der Waals surface area (Å²) in [5, 5.41) is 40.9. The SMILES string of the molecule is COc1cc(Cc2c(-c3ccc(OCCN4CCCC4)cc3)sc3cc(O)ccc23)ccc1OCC(C)N1CCCC1.O=C(O)C(=O)O.O=C(O)C(=O)O. The molecule has 6 rings (SSSR count).